The molecular weight excluding hydrogens is 338 g/mol. The van der Waals surface area contributed by atoms with Crippen LogP contribution in [0, 0.1) is 13.8 Å². The Morgan fingerprint density at radius 2 is 1.77 bits per heavy atom. The van der Waals surface area contributed by atoms with Crippen LogP contribution < -0.4 is 5.32 Å². The van der Waals surface area contributed by atoms with E-state index in [9.17, 15) is 14.4 Å². The van der Waals surface area contributed by atoms with Gasteiger partial charge in [-0.2, -0.15) is 0 Å². The molecule has 1 aromatic heterocycles. The number of amides is 1. The fourth-order valence-electron chi connectivity index (χ4n) is 2.19. The monoisotopic (exact) mass is 359 g/mol. The SMILES string of the molecule is COC(=O)CCCNC(=O)COC(=O)c1ccc2nc(C)c(C)nc2c1. The van der Waals surface area contributed by atoms with Crippen molar-refractivity contribution < 1.29 is 23.9 Å². The van der Waals surface area contributed by atoms with Gasteiger partial charge in [0.25, 0.3) is 5.91 Å². The van der Waals surface area contributed by atoms with Crippen LogP contribution in [-0.4, -0.2) is 48.1 Å². The van der Waals surface area contributed by atoms with E-state index in [4.69, 9.17) is 4.74 Å². The van der Waals surface area contributed by atoms with Gasteiger partial charge in [0.2, 0.25) is 0 Å². The van der Waals surface area contributed by atoms with Gasteiger partial charge in [-0.05, 0) is 38.5 Å². The summed E-state index contributed by atoms with van der Waals surface area (Å²) in [6, 6.07) is 4.87. The lowest BCUT2D eigenvalue weighted by Gasteiger charge is -2.07. The molecule has 0 radical (unpaired) electrons. The second-order valence-electron chi connectivity index (χ2n) is 5.70. The summed E-state index contributed by atoms with van der Waals surface area (Å²) < 4.78 is 9.50. The van der Waals surface area contributed by atoms with Crippen LogP contribution >= 0.6 is 0 Å². The van der Waals surface area contributed by atoms with Crippen LogP contribution in [0.3, 0.4) is 0 Å². The number of hydrogen-bond donors (Lipinski definition) is 1. The largest absolute Gasteiger partial charge is 0.469 e. The predicted octanol–water partition coefficient (Wildman–Crippen LogP) is 1.47. The second-order valence-corrected chi connectivity index (χ2v) is 5.70. The molecule has 0 bridgehead atoms. The molecule has 8 heteroatoms. The van der Waals surface area contributed by atoms with Crippen molar-refractivity contribution in [1.29, 1.82) is 0 Å². The van der Waals surface area contributed by atoms with E-state index in [1.165, 1.54) is 7.11 Å². The van der Waals surface area contributed by atoms with Gasteiger partial charge in [-0.1, -0.05) is 0 Å². The fourth-order valence-corrected chi connectivity index (χ4v) is 2.19. The van der Waals surface area contributed by atoms with Gasteiger partial charge in [-0.15, -0.1) is 0 Å². The Bertz CT molecular complexity index is 835. The third-order valence-corrected chi connectivity index (χ3v) is 3.75. The van der Waals surface area contributed by atoms with Crippen LogP contribution in [0.4, 0.5) is 0 Å². The zero-order chi connectivity index (χ0) is 19.1. The lowest BCUT2D eigenvalue weighted by Crippen LogP contribution is -2.29. The first-order valence-electron chi connectivity index (χ1n) is 8.16. The topological polar surface area (TPSA) is 107 Å². The van der Waals surface area contributed by atoms with Crippen LogP contribution in [0.1, 0.15) is 34.6 Å². The Hall–Kier alpha value is -3.03. The Labute approximate surface area is 150 Å². The number of nitrogens with zero attached hydrogens (tertiary/aromatic N) is 2. The van der Waals surface area contributed by atoms with Gasteiger partial charge in [0.05, 0.1) is 35.1 Å². The average molecular weight is 359 g/mol. The van der Waals surface area contributed by atoms with E-state index in [1.807, 2.05) is 13.8 Å². The number of benzene rings is 1. The summed E-state index contributed by atoms with van der Waals surface area (Å²) >= 11 is 0. The maximum absolute atomic E-state index is 12.1. The number of methoxy groups -OCH3 is 1. The van der Waals surface area contributed by atoms with Crippen molar-refractivity contribution in [3.63, 3.8) is 0 Å². The standard InChI is InChI=1S/C18H21N3O5/c1-11-12(2)21-15-9-13(6-7-14(15)20-11)18(24)26-10-16(22)19-8-4-5-17(23)25-3/h6-7,9H,4-5,8,10H2,1-3H3,(H,19,22). The summed E-state index contributed by atoms with van der Waals surface area (Å²) in [5.41, 5.74) is 3.20. The van der Waals surface area contributed by atoms with Crippen molar-refractivity contribution in [2.75, 3.05) is 20.3 Å². The summed E-state index contributed by atoms with van der Waals surface area (Å²) in [7, 11) is 1.31. The lowest BCUT2D eigenvalue weighted by atomic mass is 10.2. The first kappa shape index (κ1) is 19.3. The molecule has 1 heterocycles. The normalized spacial score (nSPS) is 10.4. The van der Waals surface area contributed by atoms with Crippen molar-refractivity contribution >= 4 is 28.9 Å². The molecule has 1 amide bonds. The second kappa shape index (κ2) is 8.89. The van der Waals surface area contributed by atoms with E-state index in [2.05, 4.69) is 20.0 Å². The van der Waals surface area contributed by atoms with Crippen LogP contribution in [0.2, 0.25) is 0 Å². The lowest BCUT2D eigenvalue weighted by molar-refractivity contribution is -0.140. The Morgan fingerprint density at radius 3 is 2.46 bits per heavy atom. The number of fused-ring (bicyclic) bond motifs is 1. The molecule has 0 aliphatic carbocycles. The van der Waals surface area contributed by atoms with Crippen LogP contribution in [0.25, 0.3) is 11.0 Å². The highest BCUT2D eigenvalue weighted by Gasteiger charge is 2.12. The van der Waals surface area contributed by atoms with Crippen LogP contribution in [0.15, 0.2) is 18.2 Å². The molecule has 1 aromatic carbocycles. The van der Waals surface area contributed by atoms with Gasteiger partial charge >= 0.3 is 11.9 Å². The van der Waals surface area contributed by atoms with E-state index in [0.29, 0.717) is 29.6 Å². The average Bonchev–Trinajstić information content (AvgIpc) is 2.63. The van der Waals surface area contributed by atoms with Gasteiger partial charge in [-0.25, -0.2) is 14.8 Å². The molecule has 0 saturated carbocycles. The predicted molar refractivity (Wildman–Crippen MR) is 93.6 cm³/mol. The molecule has 0 fully saturated rings. The van der Waals surface area contributed by atoms with Crippen LogP contribution in [-0.2, 0) is 19.1 Å². The molecule has 0 spiro atoms. The number of nitrogens with one attached hydrogen (secondary N) is 1. The number of carbonyl (C=O) groups excluding carboxylic acids is 3. The first-order valence-corrected chi connectivity index (χ1v) is 8.16. The maximum atomic E-state index is 12.1. The molecule has 0 aliphatic heterocycles. The van der Waals surface area contributed by atoms with Gasteiger partial charge in [-0.3, -0.25) is 9.59 Å². The highest BCUT2D eigenvalue weighted by molar-refractivity contribution is 5.94. The fraction of sp³-hybridized carbons (Fsp3) is 0.389. The van der Waals surface area contributed by atoms with Gasteiger partial charge < -0.3 is 14.8 Å². The minimum Gasteiger partial charge on any atom is -0.469 e. The minimum absolute atomic E-state index is 0.216. The van der Waals surface area contributed by atoms with Gasteiger partial charge in [0.1, 0.15) is 0 Å². The summed E-state index contributed by atoms with van der Waals surface area (Å²) in [5.74, 6) is -1.39. The molecular formula is C18H21N3O5. The van der Waals surface area contributed by atoms with E-state index in [1.54, 1.807) is 18.2 Å². The quantitative estimate of drug-likeness (QED) is 0.589. The molecule has 0 atom stereocenters. The number of carbonyl (C=O) groups is 3. The maximum Gasteiger partial charge on any atom is 0.338 e. The minimum atomic E-state index is -0.614. The van der Waals surface area contributed by atoms with Crippen molar-refractivity contribution in [3.05, 3.63) is 35.2 Å². The molecule has 2 rings (SSSR count). The zero-order valence-corrected chi connectivity index (χ0v) is 15.0. The Kier molecular flexibility index (Phi) is 6.60. The Morgan fingerprint density at radius 1 is 1.08 bits per heavy atom. The highest BCUT2D eigenvalue weighted by Crippen LogP contribution is 2.15. The van der Waals surface area contributed by atoms with E-state index in [0.717, 1.165) is 11.4 Å². The number of esters is 2. The molecule has 138 valence electrons. The molecule has 26 heavy (non-hydrogen) atoms. The molecule has 0 saturated heterocycles. The van der Waals surface area contributed by atoms with Crippen molar-refractivity contribution in [1.82, 2.24) is 15.3 Å². The molecule has 0 unspecified atom stereocenters. The van der Waals surface area contributed by atoms with E-state index < -0.39 is 18.5 Å². The zero-order valence-electron chi connectivity index (χ0n) is 15.0. The number of rotatable bonds is 7. The molecule has 1 N–H and O–H groups in total. The van der Waals surface area contributed by atoms with Crippen molar-refractivity contribution in [3.8, 4) is 0 Å². The summed E-state index contributed by atoms with van der Waals surface area (Å²) in [6.45, 7) is 3.62. The van der Waals surface area contributed by atoms with Crippen LogP contribution in [0.5, 0.6) is 0 Å². The molecule has 2 aromatic rings. The smallest absolute Gasteiger partial charge is 0.338 e. The van der Waals surface area contributed by atoms with E-state index >= 15 is 0 Å². The highest BCUT2D eigenvalue weighted by atomic mass is 16.5. The summed E-state index contributed by atoms with van der Waals surface area (Å²) in [6.07, 6.45) is 0.669. The molecule has 8 nitrogen and oxygen atoms in total. The summed E-state index contributed by atoms with van der Waals surface area (Å²) in [5, 5.41) is 2.57. The third-order valence-electron chi connectivity index (χ3n) is 3.75. The number of hydrogen-bond acceptors (Lipinski definition) is 7. The van der Waals surface area contributed by atoms with Crippen molar-refractivity contribution in [2.45, 2.75) is 26.7 Å². The third kappa shape index (κ3) is 5.23. The summed E-state index contributed by atoms with van der Waals surface area (Å²) in [4.78, 5) is 43.5. The number of ether oxygens (including phenoxy) is 2. The number of aryl methyl sites for hydroxylation is 2. The number of aromatic nitrogens is 2. The van der Waals surface area contributed by atoms with Crippen molar-refractivity contribution in [2.24, 2.45) is 0 Å². The van der Waals surface area contributed by atoms with E-state index in [-0.39, 0.29) is 12.4 Å². The van der Waals surface area contributed by atoms with Gasteiger partial charge in [0, 0.05) is 13.0 Å². The first-order chi connectivity index (χ1) is 12.4. The van der Waals surface area contributed by atoms with Gasteiger partial charge in [0.15, 0.2) is 6.61 Å². The molecule has 0 aliphatic rings. The Balaban J connectivity index is 1.85.